The smallest absolute Gasteiger partial charge is 0.216 e. The molecule has 0 saturated carbocycles. The van der Waals surface area contributed by atoms with E-state index in [4.69, 9.17) is 23.2 Å². The van der Waals surface area contributed by atoms with Gasteiger partial charge in [-0.05, 0) is 30.7 Å². The summed E-state index contributed by atoms with van der Waals surface area (Å²) in [6.45, 7) is 1.55. The van der Waals surface area contributed by atoms with Crippen molar-refractivity contribution in [3.8, 4) is 0 Å². The van der Waals surface area contributed by atoms with E-state index in [2.05, 4.69) is 20.3 Å². The Morgan fingerprint density at radius 2 is 1.86 bits per heavy atom. The Labute approximate surface area is 169 Å². The number of aryl methyl sites for hydroxylation is 1. The molecular weight excluding hydrogens is 433 g/mol. The second-order valence-electron chi connectivity index (χ2n) is 6.07. The fourth-order valence-corrected chi connectivity index (χ4v) is 3.91. The number of aromatic amines is 1. The van der Waals surface area contributed by atoms with Gasteiger partial charge in [0.05, 0.1) is 10.7 Å². The predicted octanol–water partition coefficient (Wildman–Crippen LogP) is 4.30. The van der Waals surface area contributed by atoms with Crippen molar-refractivity contribution in [3.05, 3.63) is 69.2 Å². The fourth-order valence-electron chi connectivity index (χ4n) is 2.65. The molecule has 0 bridgehead atoms. The number of halogens is 4. The molecule has 0 aliphatic heterocycles. The van der Waals surface area contributed by atoms with E-state index >= 15 is 0 Å². The Kier molecular flexibility index (Phi) is 5.60. The molecule has 6 nitrogen and oxygen atoms in total. The van der Waals surface area contributed by atoms with Crippen LogP contribution in [-0.4, -0.2) is 29.6 Å². The van der Waals surface area contributed by atoms with Crippen molar-refractivity contribution in [3.63, 3.8) is 0 Å². The van der Waals surface area contributed by atoms with Crippen LogP contribution in [0.5, 0.6) is 0 Å². The molecule has 0 fully saturated rings. The van der Waals surface area contributed by atoms with Crippen molar-refractivity contribution in [1.29, 1.82) is 0 Å². The Morgan fingerprint density at radius 1 is 1.14 bits per heavy atom. The third-order valence-electron chi connectivity index (χ3n) is 3.81. The quantitative estimate of drug-likeness (QED) is 0.570. The monoisotopic (exact) mass is 446 g/mol. The number of benzene rings is 1. The number of pyridine rings is 1. The first kappa shape index (κ1) is 20.5. The van der Waals surface area contributed by atoms with Crippen LogP contribution in [0, 0.1) is 18.7 Å². The topological polar surface area (TPSA) is 87.7 Å². The maximum atomic E-state index is 13.6. The van der Waals surface area contributed by atoms with Gasteiger partial charge in [-0.1, -0.05) is 29.3 Å². The Balaban J connectivity index is 2.12. The molecule has 0 aliphatic carbocycles. The zero-order valence-corrected chi connectivity index (χ0v) is 16.9. The highest BCUT2D eigenvalue weighted by Crippen LogP contribution is 2.29. The van der Waals surface area contributed by atoms with Crippen molar-refractivity contribution < 1.29 is 17.2 Å². The van der Waals surface area contributed by atoms with Crippen LogP contribution in [0.4, 0.5) is 14.6 Å². The lowest BCUT2D eigenvalue weighted by atomic mass is 10.1. The molecule has 0 aliphatic rings. The lowest BCUT2D eigenvalue weighted by Gasteiger charge is -2.18. The first-order valence-electron chi connectivity index (χ1n) is 7.85. The van der Waals surface area contributed by atoms with Crippen LogP contribution in [0.1, 0.15) is 23.1 Å². The summed E-state index contributed by atoms with van der Waals surface area (Å²) in [6, 6.07) is 5.54. The van der Waals surface area contributed by atoms with Crippen LogP contribution in [0.3, 0.4) is 0 Å². The molecule has 3 rings (SSSR count). The number of aromatic nitrogens is 3. The largest absolute Gasteiger partial charge is 0.356 e. The number of H-pyrrole nitrogens is 1. The van der Waals surface area contributed by atoms with Gasteiger partial charge in [0.1, 0.15) is 23.5 Å². The number of hydrogen-bond donors (Lipinski definition) is 2. The number of rotatable bonds is 5. The normalized spacial score (nSPS) is 12.8. The molecule has 28 heavy (non-hydrogen) atoms. The van der Waals surface area contributed by atoms with Gasteiger partial charge in [-0.3, -0.25) is 0 Å². The van der Waals surface area contributed by atoms with Crippen LogP contribution >= 0.6 is 23.2 Å². The summed E-state index contributed by atoms with van der Waals surface area (Å²) in [5.74, 6) is -1.16. The molecule has 1 atom stereocenters. The summed E-state index contributed by atoms with van der Waals surface area (Å²) in [4.78, 5) is 10.8. The summed E-state index contributed by atoms with van der Waals surface area (Å²) < 4.78 is 51.0. The van der Waals surface area contributed by atoms with Gasteiger partial charge in [-0.15, -0.1) is 0 Å². The molecule has 1 aromatic carbocycles. The molecule has 0 spiro atoms. The number of nitrogens with zero attached hydrogens (tertiary/aromatic N) is 2. The molecule has 0 radical (unpaired) electrons. The molecular formula is C17H14Cl2F2N4O2S. The number of anilines is 1. The maximum absolute atomic E-state index is 13.6. The van der Waals surface area contributed by atoms with Gasteiger partial charge in [-0.2, -0.15) is 4.39 Å². The van der Waals surface area contributed by atoms with Crippen molar-refractivity contribution in [1.82, 2.24) is 15.0 Å². The van der Waals surface area contributed by atoms with Gasteiger partial charge in [0.2, 0.25) is 5.95 Å². The van der Waals surface area contributed by atoms with E-state index in [1.807, 2.05) is 0 Å². The molecule has 3 aromatic rings. The van der Waals surface area contributed by atoms with E-state index < -0.39 is 27.6 Å². The predicted molar refractivity (Wildman–Crippen MR) is 103 cm³/mol. The highest BCUT2D eigenvalue weighted by atomic mass is 35.5. The number of imidazole rings is 1. The van der Waals surface area contributed by atoms with Crippen LogP contribution in [-0.2, 0) is 9.84 Å². The second kappa shape index (κ2) is 7.65. The average Bonchev–Trinajstić information content (AvgIpc) is 2.96. The molecule has 1 unspecified atom stereocenters. The van der Waals surface area contributed by atoms with E-state index in [0.717, 1.165) is 18.4 Å². The molecule has 11 heteroatoms. The van der Waals surface area contributed by atoms with E-state index in [9.17, 15) is 17.2 Å². The number of hydrogen-bond acceptors (Lipinski definition) is 5. The van der Waals surface area contributed by atoms with Crippen LogP contribution in [0.25, 0.3) is 0 Å². The second-order valence-corrected chi connectivity index (χ2v) is 8.84. The van der Waals surface area contributed by atoms with Crippen LogP contribution in [0.15, 0.2) is 35.4 Å². The summed E-state index contributed by atoms with van der Waals surface area (Å²) in [6.07, 6.45) is 1.03. The molecule has 2 heterocycles. The lowest BCUT2D eigenvalue weighted by molar-refractivity contribution is 0.584. The summed E-state index contributed by atoms with van der Waals surface area (Å²) >= 11 is 11.7. The van der Waals surface area contributed by atoms with Crippen LogP contribution < -0.4 is 5.32 Å². The summed E-state index contributed by atoms with van der Waals surface area (Å²) in [5, 5.41) is 2.77. The van der Waals surface area contributed by atoms with Crippen molar-refractivity contribution in [2.75, 3.05) is 11.6 Å². The SMILES string of the molecule is Cc1[nH]c(C(Nc2cc(Cl)cc(F)n2)c2ccc(F)c(Cl)c2)nc1S(C)(=O)=O. The minimum absolute atomic E-state index is 0.0745. The highest BCUT2D eigenvalue weighted by Gasteiger charge is 2.24. The van der Waals surface area contributed by atoms with E-state index in [-0.39, 0.29) is 26.7 Å². The summed E-state index contributed by atoms with van der Waals surface area (Å²) in [7, 11) is -3.58. The standard InChI is InChI=1S/C17H14Cl2F2N4O2S/c1-8-17(28(2,26)27)25-16(22-8)15(9-3-4-12(20)11(19)5-9)24-14-7-10(18)6-13(21)23-14/h3-7,15H,1-2H3,(H,22,25)(H,23,24). The van der Waals surface area contributed by atoms with Gasteiger partial charge in [0.25, 0.3) is 0 Å². The summed E-state index contributed by atoms with van der Waals surface area (Å²) in [5.41, 5.74) is 0.769. The first-order chi connectivity index (χ1) is 13.0. The molecule has 2 aromatic heterocycles. The van der Waals surface area contributed by atoms with Crippen molar-refractivity contribution in [2.24, 2.45) is 0 Å². The van der Waals surface area contributed by atoms with E-state index in [1.54, 1.807) is 6.92 Å². The van der Waals surface area contributed by atoms with Crippen molar-refractivity contribution in [2.45, 2.75) is 18.0 Å². The van der Waals surface area contributed by atoms with Crippen molar-refractivity contribution >= 4 is 38.9 Å². The Bertz CT molecular complexity index is 1130. The van der Waals surface area contributed by atoms with Gasteiger partial charge >= 0.3 is 0 Å². The van der Waals surface area contributed by atoms with Gasteiger partial charge in [0.15, 0.2) is 14.9 Å². The van der Waals surface area contributed by atoms with Gasteiger partial charge in [0, 0.05) is 17.3 Å². The van der Waals surface area contributed by atoms with Crippen LogP contribution in [0.2, 0.25) is 10.0 Å². The number of sulfone groups is 1. The lowest BCUT2D eigenvalue weighted by Crippen LogP contribution is -2.15. The minimum atomic E-state index is -3.58. The first-order valence-corrected chi connectivity index (χ1v) is 10.5. The van der Waals surface area contributed by atoms with E-state index in [1.165, 1.54) is 18.2 Å². The molecule has 0 amide bonds. The number of nitrogens with one attached hydrogen (secondary N) is 2. The third-order valence-corrected chi connectivity index (χ3v) is 5.42. The van der Waals surface area contributed by atoms with Gasteiger partial charge in [-0.25, -0.2) is 22.8 Å². The Morgan fingerprint density at radius 3 is 2.43 bits per heavy atom. The molecule has 0 saturated heterocycles. The zero-order chi connectivity index (χ0) is 20.6. The zero-order valence-electron chi connectivity index (χ0n) is 14.6. The molecule has 148 valence electrons. The fraction of sp³-hybridized carbons (Fsp3) is 0.176. The average molecular weight is 447 g/mol. The highest BCUT2D eigenvalue weighted by molar-refractivity contribution is 7.90. The molecule has 2 N–H and O–H groups in total. The maximum Gasteiger partial charge on any atom is 0.216 e. The minimum Gasteiger partial charge on any atom is -0.356 e. The van der Waals surface area contributed by atoms with Gasteiger partial charge < -0.3 is 10.3 Å². The Hall–Kier alpha value is -2.23. The van der Waals surface area contributed by atoms with E-state index in [0.29, 0.717) is 11.3 Å². The third kappa shape index (κ3) is 4.43.